The molecule has 1 unspecified atom stereocenters. The number of aromatic amines is 1. The van der Waals surface area contributed by atoms with Crippen LogP contribution in [0.1, 0.15) is 113 Å². The van der Waals surface area contributed by atoms with Gasteiger partial charge in [-0.1, -0.05) is 139 Å². The highest BCUT2D eigenvalue weighted by molar-refractivity contribution is 8.77. The zero-order chi connectivity index (χ0) is 102. The number of unbranched alkanes of at least 4 members (excludes halogenated alkanes) is 1. The number of esters is 1. The van der Waals surface area contributed by atoms with Crippen molar-refractivity contribution in [2.24, 2.45) is 11.5 Å². The van der Waals surface area contributed by atoms with Gasteiger partial charge in [0.15, 0.2) is 5.72 Å². The number of phenolic OH excluding ortho intramolecular Hbond substituents is 1. The van der Waals surface area contributed by atoms with Crippen molar-refractivity contribution in [3.05, 3.63) is 178 Å². The number of anilines is 2. The number of nitrogens with two attached hydrogens (primary N) is 2. The number of carbonyl (C=O) groups excluding carboxylic acids is 13. The van der Waals surface area contributed by atoms with Gasteiger partial charge in [-0.25, -0.2) is 14.4 Å². The number of hydrogen-bond donors (Lipinski definition) is 16. The Morgan fingerprint density at radius 3 is 2.06 bits per heavy atom. The number of phenols is 1. The first kappa shape index (κ1) is 110. The molecule has 13 amide bonds. The summed E-state index contributed by atoms with van der Waals surface area (Å²) in [5.41, 5.74) is 5.79. The van der Waals surface area contributed by atoms with Crippen molar-refractivity contribution in [1.29, 1.82) is 0 Å². The van der Waals surface area contributed by atoms with E-state index in [0.717, 1.165) is 60.6 Å². The third-order valence-corrected chi connectivity index (χ3v) is 29.0. The topological polar surface area (TPSA) is 523 Å². The number of methoxy groups -OCH3 is 2. The number of aliphatic hydroxyl groups is 2. The molecule has 754 valence electrons. The minimum Gasteiger partial charge on any atom is -0.508 e. The molecule has 5 aliphatic rings. The number of fused-ring (bicyclic) bond motifs is 7. The number of para-hydroxylation sites is 1. The second-order valence-corrected chi connectivity index (χ2v) is 40.0. The van der Waals surface area contributed by atoms with Gasteiger partial charge in [0.05, 0.1) is 36.4 Å². The van der Waals surface area contributed by atoms with Crippen LogP contribution in [0, 0.1) is 0 Å². The van der Waals surface area contributed by atoms with Crippen LogP contribution in [-0.4, -0.2) is 256 Å². The van der Waals surface area contributed by atoms with E-state index < -0.39 is 233 Å². The van der Waals surface area contributed by atoms with E-state index in [2.05, 4.69) is 52.8 Å². The fourth-order valence-electron chi connectivity index (χ4n) is 16.0. The Morgan fingerprint density at radius 1 is 0.770 bits per heavy atom. The molecule has 11 rings (SSSR count). The number of ether oxygens (including phenoxy) is 5. The van der Waals surface area contributed by atoms with Gasteiger partial charge in [0.1, 0.15) is 100 Å². The Morgan fingerprint density at radius 2 is 1.41 bits per heavy atom. The number of allylic oxidation sites excluding steroid dienone is 3. The number of urea groups is 1. The number of aromatic nitrogens is 1. The first-order valence-corrected chi connectivity index (χ1v) is 49.4. The first-order chi connectivity index (χ1) is 65.6. The molecule has 3 fully saturated rings. The summed E-state index contributed by atoms with van der Waals surface area (Å²) in [7, 11) is 9.00. The summed E-state index contributed by atoms with van der Waals surface area (Å²) in [6, 6.07) is 6.70. The van der Waals surface area contributed by atoms with E-state index in [1.165, 1.54) is 88.7 Å². The highest BCUT2D eigenvalue weighted by Crippen LogP contribution is 2.51. The van der Waals surface area contributed by atoms with E-state index in [4.69, 9.17) is 46.8 Å². The van der Waals surface area contributed by atoms with Crippen molar-refractivity contribution in [2.75, 3.05) is 68.1 Å². The van der Waals surface area contributed by atoms with Gasteiger partial charge in [0.25, 0.3) is 0 Å². The summed E-state index contributed by atoms with van der Waals surface area (Å²) in [6.07, 6.45) is -12.2. The SMILES string of the molecule is COc1cc2cc(c1Cl)N(C)C(=O)C[C@H](OC(=O)[C@H](C)N(C)C(=O)CCSSC[C@H](NC(=O)[C@@H]1CSSC[C@H](NC(=O)[C@@H](Cc3ccccc3)NC(=O)Nc3cc(C(F)(F)F)cc(C(F)(F)F)c3)C(=O)N[C@@H](Cc3ccc(O)cc3)C(=O)N[C@H](Cc3c[nH]c4ccccc34)C(=O)N[C@@H](CCCCN)C(=O)N[C@@H]([C@@H](C)O)C(=O)N1)C(N)=O)[C@@]1(C)CC(C)(O1)[C@@H]1C[C@@](O)(NC(=O)O1)[C@H](OC)/C=C/C=C(\C)C2. The monoisotopic (exact) mass is 2040 g/mol. The number of carbonyl (C=O) groups is 13. The lowest BCUT2D eigenvalue weighted by Gasteiger charge is -2.59. The van der Waals surface area contributed by atoms with Gasteiger partial charge in [-0.05, 0) is 138 Å². The van der Waals surface area contributed by atoms with Crippen molar-refractivity contribution in [1.82, 2.24) is 57.7 Å². The van der Waals surface area contributed by atoms with E-state index in [-0.39, 0.29) is 97.0 Å². The van der Waals surface area contributed by atoms with Gasteiger partial charge in [0, 0.05) is 106 Å². The van der Waals surface area contributed by atoms with Gasteiger partial charge in [-0.3, -0.25) is 53.3 Å². The number of amides is 13. The van der Waals surface area contributed by atoms with E-state index in [9.17, 15) is 84.8 Å². The minimum atomic E-state index is -5.35. The van der Waals surface area contributed by atoms with E-state index >= 15 is 19.2 Å². The Kier molecular flexibility index (Phi) is 38.3. The molecular formula is C92H112ClF6N15O21S4. The summed E-state index contributed by atoms with van der Waals surface area (Å²) in [5, 5.41) is 59.2. The molecule has 18 N–H and O–H groups in total. The van der Waals surface area contributed by atoms with Gasteiger partial charge in [-0.2, -0.15) is 26.3 Å². The van der Waals surface area contributed by atoms with Gasteiger partial charge in [-0.15, -0.1) is 0 Å². The van der Waals surface area contributed by atoms with Gasteiger partial charge in [0.2, 0.25) is 59.1 Å². The lowest BCUT2D eigenvalue weighted by molar-refractivity contribution is -0.328. The highest BCUT2D eigenvalue weighted by Gasteiger charge is 2.64. The maximum Gasteiger partial charge on any atom is 0.416 e. The molecule has 6 heterocycles. The number of rotatable bonds is 29. The third kappa shape index (κ3) is 29.8. The van der Waals surface area contributed by atoms with Crippen LogP contribution in [0.4, 0.5) is 47.3 Å². The van der Waals surface area contributed by atoms with Crippen LogP contribution in [-0.2, 0) is 110 Å². The first-order valence-electron chi connectivity index (χ1n) is 44.0. The number of likely N-dealkylation sites (N-methyl/N-ethyl adjacent to an activating group) is 1. The number of halogens is 7. The van der Waals surface area contributed by atoms with Crippen molar-refractivity contribution in [3.8, 4) is 11.5 Å². The number of benzene rings is 5. The van der Waals surface area contributed by atoms with E-state index in [0.29, 0.717) is 46.0 Å². The number of alkyl halides is 6. The largest absolute Gasteiger partial charge is 0.508 e. The summed E-state index contributed by atoms with van der Waals surface area (Å²) < 4.78 is 114. The van der Waals surface area contributed by atoms with Crippen LogP contribution in [0.3, 0.4) is 0 Å². The Hall–Kier alpha value is -11.5. The van der Waals surface area contributed by atoms with Crippen LogP contribution in [0.2, 0.25) is 5.02 Å². The number of aromatic hydroxyl groups is 1. The standard InChI is InChI=1S/C92H112ClF6N15O21S4/c1-48-18-17-24-70(132-9)90(130)42-72(134-87(129)112-90)89(5)47-88(4,135-89)71(41-74(118)114(7)68-35-53(32-48)36-69(131-8)75(68)93)133-85(127)49(2)113(6)73(117)29-31-136-137-44-65(77(101)119)107-83(125)67-46-139-138-45-66(108-80(122)63(33-51-19-11-10-12-20-51)110-86(128)103-57-39-55(91(94,95)96)38-56(40-57)92(97,98)99)82(124)105-62(34-52-25-27-58(116)28-26-52)79(121)106-64(37-54-43-102-60-22-14-13-21-59(54)60)81(123)104-61(23-15-16-30-100)78(120)111-76(50(3)115)84(126)109-67/h10-14,17-22,24-28,35-36,38-40,43,49-50,61-67,70-72,76,102,115-116,130H,15-16,23,29-34,37,41-42,44-47,100H2,1-9H3,(H2,101,119)(H,104,123)(H,105,124)(H,106,121)(H,107,125)(H,108,122)(H,109,126)(H,111,120)(H,112,129)(H2,103,110,128)/b24-17+,48-18+/t49-,50+,61-,62-,63+,64+,65-,66-,67-,70+,71-,72-,76-,88+,89?,90-/m0/s1. The van der Waals surface area contributed by atoms with Crippen molar-refractivity contribution in [3.63, 3.8) is 0 Å². The number of nitrogens with zero attached hydrogens (tertiary/aromatic N) is 2. The fraction of sp³-hybridized carbons (Fsp3) is 0.467. The second-order valence-electron chi connectivity index (χ2n) is 34.5. The zero-order valence-corrected chi connectivity index (χ0v) is 81.1. The van der Waals surface area contributed by atoms with Gasteiger partial charge >= 0.3 is 30.4 Å². The molecule has 1 aromatic heterocycles. The van der Waals surface area contributed by atoms with Crippen LogP contribution < -0.4 is 74.3 Å². The maximum absolute atomic E-state index is 15.4. The predicted molar refractivity (Wildman–Crippen MR) is 509 cm³/mol. The molecule has 5 aliphatic heterocycles. The number of primary amides is 1. The number of alkyl carbamates (subject to hydrolysis) is 1. The second kappa shape index (κ2) is 48.6. The molecular weight excluding hydrogens is 1930 g/mol. The summed E-state index contributed by atoms with van der Waals surface area (Å²) >= 11 is 6.89. The van der Waals surface area contributed by atoms with Gasteiger partial charge < -0.3 is 113 Å². The Labute approximate surface area is 816 Å². The third-order valence-electron chi connectivity index (χ3n) is 23.8. The van der Waals surface area contributed by atoms with Crippen molar-refractivity contribution in [2.45, 2.75) is 213 Å². The lowest BCUT2D eigenvalue weighted by atomic mass is 9.72. The van der Waals surface area contributed by atoms with E-state index in [1.807, 2.05) is 12.2 Å². The molecule has 0 radical (unpaired) electrons. The summed E-state index contributed by atoms with van der Waals surface area (Å²) in [6.45, 7) is 7.69. The number of hydrogen-bond acceptors (Lipinski definition) is 26. The molecule has 0 saturated carbocycles. The normalized spacial score (nSPS) is 24.9. The summed E-state index contributed by atoms with van der Waals surface area (Å²) in [4.78, 5) is 195. The molecule has 16 atom stereocenters. The minimum absolute atomic E-state index is 0.0169. The Balaban J connectivity index is 0.894. The molecule has 6 aromatic rings. The molecule has 3 saturated heterocycles. The fourth-order valence-corrected chi connectivity index (χ4v) is 20.8. The quantitative estimate of drug-likeness (QED) is 0.00943. The molecule has 139 heavy (non-hydrogen) atoms. The van der Waals surface area contributed by atoms with Crippen LogP contribution >= 0.6 is 54.8 Å². The molecule has 0 aliphatic carbocycles. The van der Waals surface area contributed by atoms with Crippen molar-refractivity contribution < 1.29 is 128 Å². The average molecular weight is 2040 g/mol. The summed E-state index contributed by atoms with van der Waals surface area (Å²) in [5.74, 6) is -12.6. The predicted octanol–water partition coefficient (Wildman–Crippen LogP) is 7.36. The average Bonchev–Trinajstić information content (AvgIpc) is 0.779. The van der Waals surface area contributed by atoms with Crippen LogP contribution in [0.25, 0.3) is 10.9 Å². The van der Waals surface area contributed by atoms with E-state index in [1.54, 1.807) is 80.7 Å². The maximum atomic E-state index is 15.4. The van der Waals surface area contributed by atoms with Crippen LogP contribution in [0.5, 0.6) is 11.5 Å². The molecule has 0 spiro atoms. The molecule has 47 heteroatoms. The molecule has 5 aromatic carbocycles. The lowest BCUT2D eigenvalue weighted by Crippen LogP contribution is -2.72. The van der Waals surface area contributed by atoms with Crippen LogP contribution in [0.15, 0.2) is 139 Å². The Bertz CT molecular complexity index is 5480. The number of aliphatic hydroxyl groups excluding tert-OH is 1. The highest BCUT2D eigenvalue weighted by atomic mass is 35.5. The number of nitrogens with one attached hydrogen (secondary N) is 11. The molecule has 6 bridgehead atoms. The van der Waals surface area contributed by atoms with Crippen molar-refractivity contribution >= 4 is 154 Å². The zero-order valence-electron chi connectivity index (χ0n) is 77.0. The smallest absolute Gasteiger partial charge is 0.416 e. The molecule has 36 nitrogen and oxygen atoms in total. The number of H-pyrrole nitrogens is 1.